The fourth-order valence-electron chi connectivity index (χ4n) is 4.11. The van der Waals surface area contributed by atoms with Gasteiger partial charge in [-0.15, -0.1) is 0 Å². The molecule has 0 aromatic heterocycles. The Balaban J connectivity index is 2.98. The van der Waals surface area contributed by atoms with Crippen LogP contribution in [0.1, 0.15) is 111 Å². The minimum absolute atomic E-state index is 0.166. The lowest BCUT2D eigenvalue weighted by Gasteiger charge is -2.31. The fourth-order valence-corrected chi connectivity index (χ4v) is 4.11. The Kier molecular flexibility index (Phi) is 12.5. The third kappa shape index (κ3) is 9.55. The quantitative estimate of drug-likeness (QED) is 0.270. The van der Waals surface area contributed by atoms with E-state index in [0.29, 0.717) is 45.5 Å². The molecule has 0 saturated carbocycles. The van der Waals surface area contributed by atoms with Gasteiger partial charge in [-0.25, -0.2) is 0 Å². The van der Waals surface area contributed by atoms with Crippen molar-refractivity contribution in [3.63, 3.8) is 0 Å². The first-order valence-electron chi connectivity index (χ1n) is 12.8. The predicted octanol–water partition coefficient (Wildman–Crippen LogP) is 6.59. The van der Waals surface area contributed by atoms with Crippen LogP contribution in [0.2, 0.25) is 0 Å². The molecule has 0 fully saturated rings. The van der Waals surface area contributed by atoms with E-state index >= 15 is 0 Å². The number of hydrogen-bond acceptors (Lipinski definition) is 6. The summed E-state index contributed by atoms with van der Waals surface area (Å²) in [5.41, 5.74) is 1.10. The van der Waals surface area contributed by atoms with Crippen LogP contribution in [-0.2, 0) is 29.9 Å². The average Bonchev–Trinajstić information content (AvgIpc) is 2.76. The Hall–Kier alpha value is -2.24. The highest BCUT2D eigenvalue weighted by Crippen LogP contribution is 2.44. The first-order valence-corrected chi connectivity index (χ1v) is 12.8. The topological polar surface area (TPSA) is 82.1 Å². The Morgan fingerprint density at radius 2 is 1.26 bits per heavy atom. The van der Waals surface area contributed by atoms with Crippen LogP contribution < -0.4 is 4.74 Å². The van der Waals surface area contributed by atoms with Gasteiger partial charge in [0.15, 0.2) is 0 Å². The molecule has 0 bridgehead atoms. The summed E-state index contributed by atoms with van der Waals surface area (Å²) in [6, 6.07) is 3.76. The van der Waals surface area contributed by atoms with Crippen LogP contribution in [0.5, 0.6) is 11.5 Å². The molecule has 0 aliphatic heterocycles. The standard InChI is InChI=1S/C28H46O6/c1-8-17-33-25(30)13-11-15-27(4,5)21-20-24(32-10-3)22(19-23(21)29)28(6,7)16-12-14-26(31)34-18-9-2/h19-20,29H,8-18H2,1-7H3. The molecule has 34 heavy (non-hydrogen) atoms. The molecule has 6 nitrogen and oxygen atoms in total. The van der Waals surface area contributed by atoms with Gasteiger partial charge in [0.2, 0.25) is 0 Å². The van der Waals surface area contributed by atoms with E-state index in [4.69, 9.17) is 14.2 Å². The second kappa shape index (κ2) is 14.2. The van der Waals surface area contributed by atoms with Gasteiger partial charge in [-0.1, -0.05) is 41.5 Å². The van der Waals surface area contributed by atoms with Crippen LogP contribution in [0.4, 0.5) is 0 Å². The maximum absolute atomic E-state index is 11.9. The van der Waals surface area contributed by atoms with Crippen LogP contribution in [-0.4, -0.2) is 36.9 Å². The summed E-state index contributed by atoms with van der Waals surface area (Å²) in [5, 5.41) is 11.0. The lowest BCUT2D eigenvalue weighted by molar-refractivity contribution is -0.144. The zero-order valence-corrected chi connectivity index (χ0v) is 22.4. The van der Waals surface area contributed by atoms with Crippen molar-refractivity contribution in [3.8, 4) is 11.5 Å². The van der Waals surface area contributed by atoms with Crippen molar-refractivity contribution in [1.82, 2.24) is 0 Å². The van der Waals surface area contributed by atoms with E-state index in [-0.39, 0.29) is 28.5 Å². The zero-order valence-electron chi connectivity index (χ0n) is 22.4. The molecule has 0 unspecified atom stereocenters. The van der Waals surface area contributed by atoms with Crippen LogP contribution in [0, 0.1) is 0 Å². The number of esters is 2. The van der Waals surface area contributed by atoms with Gasteiger partial charge in [0.1, 0.15) is 11.5 Å². The number of rotatable bonds is 16. The summed E-state index contributed by atoms with van der Waals surface area (Å²) in [7, 11) is 0. The molecule has 1 aromatic rings. The van der Waals surface area contributed by atoms with Crippen LogP contribution in [0.3, 0.4) is 0 Å². The van der Waals surface area contributed by atoms with Gasteiger partial charge < -0.3 is 19.3 Å². The second-order valence-electron chi connectivity index (χ2n) is 10.2. The number of phenolic OH excluding ortho intramolecular Hbond substituents is 1. The average molecular weight is 479 g/mol. The number of hydrogen-bond donors (Lipinski definition) is 1. The smallest absolute Gasteiger partial charge is 0.305 e. The third-order valence-electron chi connectivity index (χ3n) is 6.16. The van der Waals surface area contributed by atoms with Gasteiger partial charge in [-0.2, -0.15) is 0 Å². The van der Waals surface area contributed by atoms with Crippen molar-refractivity contribution < 1.29 is 28.9 Å². The van der Waals surface area contributed by atoms with Crippen molar-refractivity contribution in [3.05, 3.63) is 23.3 Å². The van der Waals surface area contributed by atoms with Crippen molar-refractivity contribution in [2.75, 3.05) is 19.8 Å². The van der Waals surface area contributed by atoms with Crippen molar-refractivity contribution in [1.29, 1.82) is 0 Å². The van der Waals surface area contributed by atoms with Gasteiger partial charge in [0, 0.05) is 24.0 Å². The molecule has 0 radical (unpaired) electrons. The fraction of sp³-hybridized carbons (Fsp3) is 0.714. The molecule has 0 saturated heterocycles. The van der Waals surface area contributed by atoms with Gasteiger partial charge in [-0.05, 0) is 68.4 Å². The molecule has 1 rings (SSSR count). The highest BCUT2D eigenvalue weighted by molar-refractivity contribution is 5.69. The van der Waals surface area contributed by atoms with E-state index in [1.165, 1.54) is 0 Å². The number of ether oxygens (including phenoxy) is 3. The van der Waals surface area contributed by atoms with E-state index < -0.39 is 0 Å². The molecule has 0 spiro atoms. The van der Waals surface area contributed by atoms with Crippen LogP contribution >= 0.6 is 0 Å². The number of benzene rings is 1. The van der Waals surface area contributed by atoms with E-state index in [2.05, 4.69) is 27.7 Å². The van der Waals surface area contributed by atoms with Gasteiger partial charge >= 0.3 is 11.9 Å². The predicted molar refractivity (Wildman–Crippen MR) is 136 cm³/mol. The molecule has 0 aliphatic rings. The monoisotopic (exact) mass is 478 g/mol. The minimum Gasteiger partial charge on any atom is -0.508 e. The molecular weight excluding hydrogens is 432 g/mol. The molecule has 1 aromatic carbocycles. The summed E-state index contributed by atoms with van der Waals surface area (Å²) < 4.78 is 16.4. The van der Waals surface area contributed by atoms with E-state index in [9.17, 15) is 14.7 Å². The first-order chi connectivity index (χ1) is 16.0. The lowest BCUT2D eigenvalue weighted by Crippen LogP contribution is -2.22. The van der Waals surface area contributed by atoms with Crippen molar-refractivity contribution in [2.45, 2.75) is 111 Å². The molecular formula is C28H46O6. The minimum atomic E-state index is -0.341. The van der Waals surface area contributed by atoms with E-state index in [1.807, 2.05) is 32.9 Å². The molecule has 0 amide bonds. The van der Waals surface area contributed by atoms with Gasteiger partial charge in [0.25, 0.3) is 0 Å². The highest BCUT2D eigenvalue weighted by atomic mass is 16.5. The van der Waals surface area contributed by atoms with Crippen LogP contribution in [0.15, 0.2) is 12.1 Å². The molecule has 6 heteroatoms. The first kappa shape index (κ1) is 29.8. The Bertz CT molecular complexity index is 781. The Morgan fingerprint density at radius 3 is 1.71 bits per heavy atom. The maximum atomic E-state index is 11.9. The number of phenols is 1. The number of carbonyl (C=O) groups is 2. The summed E-state index contributed by atoms with van der Waals surface area (Å²) in [6.07, 6.45) is 5.26. The van der Waals surface area contributed by atoms with Crippen molar-refractivity contribution >= 4 is 11.9 Å². The van der Waals surface area contributed by atoms with Gasteiger partial charge in [0.05, 0.1) is 19.8 Å². The van der Waals surface area contributed by atoms with Gasteiger partial charge in [-0.3, -0.25) is 9.59 Å². The highest BCUT2D eigenvalue weighted by Gasteiger charge is 2.30. The SMILES string of the molecule is CCCOC(=O)CCCC(C)(C)c1cc(OCC)c(C(C)(C)CCCC(=O)OCCC)cc1O. The second-order valence-corrected chi connectivity index (χ2v) is 10.2. The maximum Gasteiger partial charge on any atom is 0.305 e. The molecule has 0 heterocycles. The summed E-state index contributed by atoms with van der Waals surface area (Å²) in [6.45, 7) is 15.7. The molecule has 194 valence electrons. The molecule has 0 atom stereocenters. The van der Waals surface area contributed by atoms with E-state index in [0.717, 1.165) is 42.6 Å². The number of aromatic hydroxyl groups is 1. The molecule has 0 aliphatic carbocycles. The number of carbonyl (C=O) groups excluding carboxylic acids is 2. The summed E-state index contributed by atoms with van der Waals surface area (Å²) in [5.74, 6) is 0.644. The zero-order chi connectivity index (χ0) is 25.8. The third-order valence-corrected chi connectivity index (χ3v) is 6.16. The largest absolute Gasteiger partial charge is 0.508 e. The summed E-state index contributed by atoms with van der Waals surface area (Å²) in [4.78, 5) is 23.7. The van der Waals surface area contributed by atoms with Crippen LogP contribution in [0.25, 0.3) is 0 Å². The molecule has 1 N–H and O–H groups in total. The summed E-state index contributed by atoms with van der Waals surface area (Å²) >= 11 is 0. The lowest BCUT2D eigenvalue weighted by atomic mass is 9.75. The van der Waals surface area contributed by atoms with E-state index in [1.54, 1.807) is 0 Å². The Labute approximate surface area is 206 Å². The van der Waals surface area contributed by atoms with Crippen molar-refractivity contribution in [2.24, 2.45) is 0 Å². The normalized spacial score (nSPS) is 11.9. The Morgan fingerprint density at radius 1 is 0.794 bits per heavy atom.